The molecular weight excluding hydrogens is 416 g/mol. The Balaban J connectivity index is 2.13. The summed E-state index contributed by atoms with van der Waals surface area (Å²) in [6.07, 6.45) is 0.807. The van der Waals surface area contributed by atoms with E-state index < -0.39 is 5.97 Å². The maximum Gasteiger partial charge on any atom is 0.354 e. The summed E-state index contributed by atoms with van der Waals surface area (Å²) in [5, 5.41) is 13.7. The van der Waals surface area contributed by atoms with Crippen molar-refractivity contribution in [3.63, 3.8) is 0 Å². The number of carboxylic acids is 1. The molecule has 2 aromatic heterocycles. The molecule has 2 heterocycles. The van der Waals surface area contributed by atoms with E-state index in [0.29, 0.717) is 18.0 Å². The first-order valence-electron chi connectivity index (χ1n) is 11.1. The van der Waals surface area contributed by atoms with Crippen molar-refractivity contribution in [3.05, 3.63) is 63.6 Å². The van der Waals surface area contributed by atoms with Crippen LogP contribution in [0.3, 0.4) is 0 Å². The fraction of sp³-hybridized carbons (Fsp3) is 0.423. The van der Waals surface area contributed by atoms with E-state index in [4.69, 9.17) is 15.5 Å². The van der Waals surface area contributed by atoms with Crippen LogP contribution in [0.15, 0.2) is 24.3 Å². The summed E-state index contributed by atoms with van der Waals surface area (Å²) in [4.78, 5) is 16.5. The first-order chi connectivity index (χ1) is 15.4. The Labute approximate surface area is 195 Å². The molecule has 0 atom stereocenters. The van der Waals surface area contributed by atoms with Gasteiger partial charge in [-0.2, -0.15) is 0 Å². The molecule has 3 aromatic rings. The quantitative estimate of drug-likeness (QED) is 0.539. The van der Waals surface area contributed by atoms with Crippen LogP contribution in [0.5, 0.6) is 5.88 Å². The Morgan fingerprint density at radius 3 is 2.27 bits per heavy atom. The molecular formula is C26H34N4O3. The Morgan fingerprint density at radius 2 is 1.76 bits per heavy atom. The van der Waals surface area contributed by atoms with Gasteiger partial charge < -0.3 is 15.6 Å². The van der Waals surface area contributed by atoms with Crippen molar-refractivity contribution < 1.29 is 14.6 Å². The number of nitrogens with two attached hydrogens (primary N) is 1. The fourth-order valence-corrected chi connectivity index (χ4v) is 4.14. The highest BCUT2D eigenvalue weighted by Crippen LogP contribution is 2.35. The van der Waals surface area contributed by atoms with Crippen LogP contribution in [0, 0.1) is 26.2 Å². The zero-order valence-electron chi connectivity index (χ0n) is 20.6. The van der Waals surface area contributed by atoms with Crippen LogP contribution < -0.4 is 10.5 Å². The number of benzene rings is 1. The smallest absolute Gasteiger partial charge is 0.354 e. The van der Waals surface area contributed by atoms with E-state index in [1.807, 2.05) is 6.92 Å². The molecule has 33 heavy (non-hydrogen) atoms. The average Bonchev–Trinajstić information content (AvgIpc) is 2.99. The number of aromatic carboxylic acids is 1. The van der Waals surface area contributed by atoms with Crippen LogP contribution in [-0.2, 0) is 26.6 Å². The number of carboxylic acid groups (broad SMARTS) is 1. The van der Waals surface area contributed by atoms with Gasteiger partial charge in [-0.05, 0) is 49.3 Å². The fourth-order valence-electron chi connectivity index (χ4n) is 4.14. The Hall–Kier alpha value is -3.19. The molecule has 3 N–H and O–H groups in total. The molecule has 7 nitrogen and oxygen atoms in total. The molecule has 0 saturated carbocycles. The minimum absolute atomic E-state index is 0.0597. The van der Waals surface area contributed by atoms with Crippen LogP contribution in [0.1, 0.15) is 64.9 Å². The van der Waals surface area contributed by atoms with Gasteiger partial charge in [-0.15, -0.1) is 5.10 Å². The molecule has 3 rings (SSSR count). The van der Waals surface area contributed by atoms with Gasteiger partial charge in [0.1, 0.15) is 6.61 Å². The standard InChI is InChI=1S/C26H34N4O3/c1-15-8-10-18(11-9-15)22-19(13-27)21(12-26(4,5)6)28-17(3)20(22)14-33-24-16(2)23(25(31)32)30(7)29-24/h8-11H,12-14,27H2,1-7H3,(H,31,32). The van der Waals surface area contributed by atoms with E-state index in [9.17, 15) is 9.90 Å². The lowest BCUT2D eigenvalue weighted by Crippen LogP contribution is -2.18. The second-order valence-electron chi connectivity index (χ2n) is 9.78. The Morgan fingerprint density at radius 1 is 1.12 bits per heavy atom. The molecule has 0 unspecified atom stereocenters. The maximum atomic E-state index is 11.5. The number of ether oxygens (including phenoxy) is 1. The van der Waals surface area contributed by atoms with Gasteiger partial charge in [0.2, 0.25) is 5.88 Å². The first-order valence-corrected chi connectivity index (χ1v) is 11.1. The summed E-state index contributed by atoms with van der Waals surface area (Å²) in [7, 11) is 1.60. The van der Waals surface area contributed by atoms with Crippen LogP contribution in [0.25, 0.3) is 11.1 Å². The minimum Gasteiger partial charge on any atom is -0.477 e. The second-order valence-corrected chi connectivity index (χ2v) is 9.78. The number of aryl methyl sites for hydroxylation is 3. The zero-order chi connectivity index (χ0) is 24.5. The summed E-state index contributed by atoms with van der Waals surface area (Å²) in [5.41, 5.74) is 14.0. The summed E-state index contributed by atoms with van der Waals surface area (Å²) in [6, 6.07) is 8.37. The highest BCUT2D eigenvalue weighted by atomic mass is 16.5. The molecule has 0 spiro atoms. The van der Waals surface area contributed by atoms with E-state index in [0.717, 1.165) is 40.1 Å². The van der Waals surface area contributed by atoms with Crippen molar-refractivity contribution >= 4 is 5.97 Å². The van der Waals surface area contributed by atoms with Crippen molar-refractivity contribution in [1.82, 2.24) is 14.8 Å². The summed E-state index contributed by atoms with van der Waals surface area (Å²) in [5.74, 6) is -0.732. The predicted octanol–water partition coefficient (Wildman–Crippen LogP) is 4.73. The molecule has 0 aliphatic heterocycles. The van der Waals surface area contributed by atoms with Gasteiger partial charge in [0.05, 0.1) is 0 Å². The van der Waals surface area contributed by atoms with Gasteiger partial charge in [-0.1, -0.05) is 50.6 Å². The van der Waals surface area contributed by atoms with Gasteiger partial charge in [0.25, 0.3) is 0 Å². The Bertz CT molecular complexity index is 1170. The highest BCUT2D eigenvalue weighted by molar-refractivity contribution is 5.88. The third-order valence-electron chi connectivity index (χ3n) is 5.73. The maximum absolute atomic E-state index is 11.5. The number of rotatable bonds is 7. The number of hydrogen-bond acceptors (Lipinski definition) is 5. The number of nitrogens with zero attached hydrogens (tertiary/aromatic N) is 3. The highest BCUT2D eigenvalue weighted by Gasteiger charge is 2.24. The molecule has 0 saturated heterocycles. The SMILES string of the molecule is Cc1ccc(-c2c(COc3nn(C)c(C(=O)O)c3C)c(C)nc(CC(C)(C)C)c2CN)cc1. The molecule has 176 valence electrons. The van der Waals surface area contributed by atoms with E-state index in [1.165, 1.54) is 10.2 Å². The van der Waals surface area contributed by atoms with Gasteiger partial charge in [0.15, 0.2) is 5.69 Å². The van der Waals surface area contributed by atoms with Crippen molar-refractivity contribution in [2.45, 2.75) is 61.1 Å². The van der Waals surface area contributed by atoms with E-state index >= 15 is 0 Å². The molecule has 7 heteroatoms. The van der Waals surface area contributed by atoms with Crippen molar-refractivity contribution in [1.29, 1.82) is 0 Å². The zero-order valence-corrected chi connectivity index (χ0v) is 20.6. The topological polar surface area (TPSA) is 103 Å². The molecule has 1 aromatic carbocycles. The van der Waals surface area contributed by atoms with E-state index in [2.05, 4.69) is 57.1 Å². The molecule has 0 aliphatic rings. The van der Waals surface area contributed by atoms with Crippen LogP contribution in [0.4, 0.5) is 0 Å². The van der Waals surface area contributed by atoms with Gasteiger partial charge >= 0.3 is 5.97 Å². The number of aromatic nitrogens is 3. The van der Waals surface area contributed by atoms with Gasteiger partial charge in [0, 0.05) is 36.1 Å². The molecule has 0 aliphatic carbocycles. The lowest BCUT2D eigenvalue weighted by atomic mass is 9.85. The second kappa shape index (κ2) is 9.35. The first kappa shape index (κ1) is 24.5. The van der Waals surface area contributed by atoms with Crippen molar-refractivity contribution in [3.8, 4) is 17.0 Å². The third-order valence-corrected chi connectivity index (χ3v) is 5.73. The van der Waals surface area contributed by atoms with Gasteiger partial charge in [-0.25, -0.2) is 4.79 Å². The molecule has 0 radical (unpaired) electrons. The average molecular weight is 451 g/mol. The predicted molar refractivity (Wildman–Crippen MR) is 129 cm³/mol. The lowest BCUT2D eigenvalue weighted by Gasteiger charge is -2.24. The monoisotopic (exact) mass is 450 g/mol. The summed E-state index contributed by atoms with van der Waals surface area (Å²) >= 11 is 0. The molecule has 0 amide bonds. The van der Waals surface area contributed by atoms with Crippen LogP contribution in [0.2, 0.25) is 0 Å². The number of pyridine rings is 1. The van der Waals surface area contributed by atoms with Crippen molar-refractivity contribution in [2.24, 2.45) is 18.2 Å². The molecule has 0 fully saturated rings. The minimum atomic E-state index is -1.03. The van der Waals surface area contributed by atoms with E-state index in [1.54, 1.807) is 14.0 Å². The van der Waals surface area contributed by atoms with E-state index in [-0.39, 0.29) is 17.7 Å². The van der Waals surface area contributed by atoms with Crippen LogP contribution >= 0.6 is 0 Å². The van der Waals surface area contributed by atoms with Gasteiger partial charge in [-0.3, -0.25) is 9.67 Å². The normalized spacial score (nSPS) is 11.6. The number of hydrogen-bond donors (Lipinski definition) is 2. The molecule has 0 bridgehead atoms. The summed E-state index contributed by atoms with van der Waals surface area (Å²) < 4.78 is 7.40. The lowest BCUT2D eigenvalue weighted by molar-refractivity contribution is 0.0684. The van der Waals surface area contributed by atoms with Crippen molar-refractivity contribution in [2.75, 3.05) is 0 Å². The summed E-state index contributed by atoms with van der Waals surface area (Å²) in [6.45, 7) is 12.9. The Kier molecular flexibility index (Phi) is 6.93. The van der Waals surface area contributed by atoms with Crippen LogP contribution in [-0.4, -0.2) is 25.8 Å². The third kappa shape index (κ3) is 5.25. The number of carbonyl (C=O) groups is 1. The largest absolute Gasteiger partial charge is 0.477 e.